The van der Waals surface area contributed by atoms with Gasteiger partial charge >= 0.3 is 5.97 Å². The number of carboxylic acids is 1. The van der Waals surface area contributed by atoms with Crippen LogP contribution in [-0.2, 0) is 22.4 Å². The number of fused-ring (bicyclic) bond motifs is 1. The second-order valence-corrected chi connectivity index (χ2v) is 8.80. The summed E-state index contributed by atoms with van der Waals surface area (Å²) in [5.41, 5.74) is 6.97. The first kappa shape index (κ1) is 24.1. The van der Waals surface area contributed by atoms with Gasteiger partial charge in [-0.1, -0.05) is 48.5 Å². The molecule has 4 rings (SSSR count). The van der Waals surface area contributed by atoms with Crippen molar-refractivity contribution in [1.82, 2.24) is 10.3 Å². The van der Waals surface area contributed by atoms with Gasteiger partial charge < -0.3 is 20.7 Å². The van der Waals surface area contributed by atoms with Crippen LogP contribution in [0.25, 0.3) is 10.9 Å². The monoisotopic (exact) mass is 469 g/mol. The molecule has 0 spiro atoms. The number of aromatic nitrogens is 1. The lowest BCUT2D eigenvalue weighted by Gasteiger charge is -2.23. The molecule has 1 atom stereocenters. The van der Waals surface area contributed by atoms with E-state index in [0.29, 0.717) is 6.42 Å². The minimum absolute atomic E-state index is 0.0705. The van der Waals surface area contributed by atoms with Crippen LogP contribution in [0.4, 0.5) is 5.69 Å². The molecule has 0 radical (unpaired) electrons. The molecule has 1 amide bonds. The molecular weight excluding hydrogens is 438 g/mol. The highest BCUT2D eigenvalue weighted by Crippen LogP contribution is 2.30. The van der Waals surface area contributed by atoms with Crippen LogP contribution >= 0.6 is 0 Å². The van der Waals surface area contributed by atoms with Crippen LogP contribution in [0.1, 0.15) is 47.2 Å². The minimum atomic E-state index is -0.824. The molecule has 1 aromatic heterocycles. The normalized spacial score (nSPS) is 11.8. The zero-order valence-electron chi connectivity index (χ0n) is 20.1. The zero-order chi connectivity index (χ0) is 24.8. The molecule has 1 unspecified atom stereocenters. The summed E-state index contributed by atoms with van der Waals surface area (Å²) in [6, 6.07) is 21.8. The Morgan fingerprint density at radius 2 is 1.83 bits per heavy atom. The second kappa shape index (κ2) is 10.9. The van der Waals surface area contributed by atoms with Crippen LogP contribution < -0.4 is 10.6 Å². The van der Waals surface area contributed by atoms with Crippen molar-refractivity contribution >= 4 is 28.5 Å². The van der Waals surface area contributed by atoms with Crippen molar-refractivity contribution in [3.8, 4) is 0 Å². The predicted molar refractivity (Wildman–Crippen MR) is 140 cm³/mol. The average Bonchev–Trinajstić information content (AvgIpc) is 3.25. The Hall–Kier alpha value is -4.06. The van der Waals surface area contributed by atoms with E-state index in [4.69, 9.17) is 5.11 Å². The Balaban J connectivity index is 1.59. The fourth-order valence-electron chi connectivity index (χ4n) is 4.43. The molecule has 4 N–H and O–H groups in total. The molecule has 4 aromatic rings. The quantitative estimate of drug-likeness (QED) is 0.251. The summed E-state index contributed by atoms with van der Waals surface area (Å²) in [5, 5.41) is 16.7. The molecule has 1 heterocycles. The van der Waals surface area contributed by atoms with Crippen LogP contribution in [0, 0.1) is 6.92 Å². The number of carbonyl (C=O) groups excluding carboxylic acids is 1. The van der Waals surface area contributed by atoms with E-state index >= 15 is 0 Å². The first-order valence-electron chi connectivity index (χ1n) is 11.9. The topological polar surface area (TPSA) is 94.2 Å². The Kier molecular flexibility index (Phi) is 7.51. The van der Waals surface area contributed by atoms with E-state index in [2.05, 4.69) is 47.7 Å². The highest BCUT2D eigenvalue weighted by molar-refractivity contribution is 5.86. The minimum Gasteiger partial charge on any atom is -0.481 e. The van der Waals surface area contributed by atoms with Gasteiger partial charge in [0, 0.05) is 41.3 Å². The van der Waals surface area contributed by atoms with Gasteiger partial charge in [-0.2, -0.15) is 0 Å². The van der Waals surface area contributed by atoms with Gasteiger partial charge in [0.25, 0.3) is 0 Å². The number of rotatable bonds is 10. The predicted octanol–water partition coefficient (Wildman–Crippen LogP) is 5.37. The fraction of sp³-hybridized carbons (Fsp3) is 0.241. The van der Waals surface area contributed by atoms with Crippen molar-refractivity contribution in [3.05, 3.63) is 101 Å². The van der Waals surface area contributed by atoms with Gasteiger partial charge in [-0.15, -0.1) is 0 Å². The molecule has 6 nitrogen and oxygen atoms in total. The number of aliphatic carboxylic acids is 1. The molecule has 6 heteroatoms. The van der Waals surface area contributed by atoms with Gasteiger partial charge in [0.2, 0.25) is 5.91 Å². The number of carbonyl (C=O) groups is 2. The van der Waals surface area contributed by atoms with E-state index in [1.165, 1.54) is 0 Å². The SMILES string of the molecule is CCNc1cc(C)ccc1C(NC(=O)Cc1ccc2[nH]cc(CCC(=O)O)c2c1)c1ccccc1. The molecular formula is C29H31N3O3. The molecule has 0 fully saturated rings. The maximum Gasteiger partial charge on any atom is 0.303 e. The summed E-state index contributed by atoms with van der Waals surface area (Å²) in [4.78, 5) is 27.4. The van der Waals surface area contributed by atoms with Gasteiger partial charge in [-0.25, -0.2) is 0 Å². The van der Waals surface area contributed by atoms with Gasteiger partial charge in [-0.3, -0.25) is 9.59 Å². The van der Waals surface area contributed by atoms with Crippen LogP contribution in [0.15, 0.2) is 72.9 Å². The number of benzene rings is 3. The van der Waals surface area contributed by atoms with Crippen molar-refractivity contribution in [2.24, 2.45) is 0 Å². The lowest BCUT2D eigenvalue weighted by Crippen LogP contribution is -2.31. The van der Waals surface area contributed by atoms with Crippen LogP contribution in [0.2, 0.25) is 0 Å². The molecule has 0 saturated heterocycles. The molecule has 0 saturated carbocycles. The highest BCUT2D eigenvalue weighted by atomic mass is 16.4. The van der Waals surface area contributed by atoms with Gasteiger partial charge in [0.1, 0.15) is 0 Å². The maximum atomic E-state index is 13.3. The second-order valence-electron chi connectivity index (χ2n) is 8.80. The number of anilines is 1. The van der Waals surface area contributed by atoms with Gasteiger partial charge in [-0.05, 0) is 60.7 Å². The smallest absolute Gasteiger partial charge is 0.303 e. The van der Waals surface area contributed by atoms with E-state index < -0.39 is 5.97 Å². The molecule has 0 aliphatic carbocycles. The third-order valence-corrected chi connectivity index (χ3v) is 6.13. The maximum absolute atomic E-state index is 13.3. The van der Waals surface area contributed by atoms with Crippen LogP contribution in [0.5, 0.6) is 0 Å². The van der Waals surface area contributed by atoms with Crippen molar-refractivity contribution in [3.63, 3.8) is 0 Å². The third kappa shape index (κ3) is 5.90. The van der Waals surface area contributed by atoms with E-state index in [-0.39, 0.29) is 24.8 Å². The first-order valence-corrected chi connectivity index (χ1v) is 11.9. The molecule has 180 valence electrons. The number of nitrogens with one attached hydrogen (secondary N) is 3. The number of aryl methyl sites for hydroxylation is 2. The number of H-pyrrole nitrogens is 1. The van der Waals surface area contributed by atoms with E-state index in [9.17, 15) is 9.59 Å². The largest absolute Gasteiger partial charge is 0.481 e. The summed E-state index contributed by atoms with van der Waals surface area (Å²) >= 11 is 0. The molecule has 0 aliphatic heterocycles. The van der Waals surface area contributed by atoms with Crippen molar-refractivity contribution in [1.29, 1.82) is 0 Å². The zero-order valence-corrected chi connectivity index (χ0v) is 20.1. The Morgan fingerprint density at radius 1 is 1.03 bits per heavy atom. The molecule has 3 aromatic carbocycles. The molecule has 0 aliphatic rings. The van der Waals surface area contributed by atoms with E-state index in [0.717, 1.165) is 51.0 Å². The standard InChI is InChI=1S/C29H31N3O3/c1-3-30-26-15-19(2)9-12-23(26)29(21-7-5-4-6-8-21)32-27(33)17-20-10-13-25-24(16-20)22(18-31-25)11-14-28(34)35/h4-10,12-13,15-16,18,29-31H,3,11,14,17H2,1-2H3,(H,32,33)(H,34,35). The van der Waals surface area contributed by atoms with Crippen molar-refractivity contribution < 1.29 is 14.7 Å². The lowest BCUT2D eigenvalue weighted by atomic mass is 9.95. The number of hydrogen-bond donors (Lipinski definition) is 4. The lowest BCUT2D eigenvalue weighted by molar-refractivity contribution is -0.137. The summed E-state index contributed by atoms with van der Waals surface area (Å²) in [7, 11) is 0. The summed E-state index contributed by atoms with van der Waals surface area (Å²) in [5.74, 6) is -0.904. The van der Waals surface area contributed by atoms with E-state index in [1.54, 1.807) is 0 Å². The fourth-order valence-corrected chi connectivity index (χ4v) is 4.43. The molecule has 0 bridgehead atoms. The Labute approximate surface area is 205 Å². The van der Waals surface area contributed by atoms with Crippen molar-refractivity contribution in [2.75, 3.05) is 11.9 Å². The Bertz CT molecular complexity index is 1330. The number of aromatic amines is 1. The van der Waals surface area contributed by atoms with Crippen LogP contribution in [0.3, 0.4) is 0 Å². The molecule has 35 heavy (non-hydrogen) atoms. The number of hydrogen-bond acceptors (Lipinski definition) is 3. The highest BCUT2D eigenvalue weighted by Gasteiger charge is 2.20. The summed E-state index contributed by atoms with van der Waals surface area (Å²) in [6.07, 6.45) is 2.59. The van der Waals surface area contributed by atoms with Gasteiger partial charge in [0.15, 0.2) is 0 Å². The average molecular weight is 470 g/mol. The van der Waals surface area contributed by atoms with Crippen LogP contribution in [-0.4, -0.2) is 28.5 Å². The van der Waals surface area contributed by atoms with Gasteiger partial charge in [0.05, 0.1) is 12.5 Å². The number of amides is 1. The third-order valence-electron chi connectivity index (χ3n) is 6.13. The summed E-state index contributed by atoms with van der Waals surface area (Å²) < 4.78 is 0. The Morgan fingerprint density at radius 3 is 2.57 bits per heavy atom. The first-order chi connectivity index (χ1) is 16.9. The number of carboxylic acid groups (broad SMARTS) is 1. The van der Waals surface area contributed by atoms with E-state index in [1.807, 2.05) is 54.7 Å². The summed E-state index contributed by atoms with van der Waals surface area (Å²) in [6.45, 7) is 4.90. The van der Waals surface area contributed by atoms with Crippen molar-refractivity contribution in [2.45, 2.75) is 39.2 Å².